The summed E-state index contributed by atoms with van der Waals surface area (Å²) in [5.41, 5.74) is 9.83. The summed E-state index contributed by atoms with van der Waals surface area (Å²) in [4.78, 5) is 22.8. The molecule has 4 N–H and O–H groups in total. The summed E-state index contributed by atoms with van der Waals surface area (Å²) < 4.78 is 16.3. The maximum atomic E-state index is 12.8. The lowest BCUT2D eigenvalue weighted by molar-refractivity contribution is 0.102. The van der Waals surface area contributed by atoms with Gasteiger partial charge >= 0.3 is 0 Å². The third-order valence-electron chi connectivity index (χ3n) is 5.72. The molecule has 2 aromatic heterocycles. The van der Waals surface area contributed by atoms with Crippen molar-refractivity contribution in [3.05, 3.63) is 77.7 Å². The maximum absolute atomic E-state index is 12.8. The van der Waals surface area contributed by atoms with Crippen molar-refractivity contribution in [1.29, 1.82) is 0 Å². The number of thiazole rings is 2. The van der Waals surface area contributed by atoms with Crippen LogP contribution in [-0.2, 0) is 0 Å². The van der Waals surface area contributed by atoms with Crippen LogP contribution >= 0.6 is 22.7 Å². The number of aromatic nitrogens is 2. The zero-order chi connectivity index (χ0) is 27.4. The van der Waals surface area contributed by atoms with Gasteiger partial charge in [0.15, 0.2) is 16.6 Å². The van der Waals surface area contributed by atoms with Crippen LogP contribution in [0.2, 0.25) is 0 Å². The van der Waals surface area contributed by atoms with Gasteiger partial charge in [-0.3, -0.25) is 4.79 Å². The molecule has 0 saturated heterocycles. The monoisotopic (exact) mass is 559 g/mol. The molecule has 11 heteroatoms. The number of nitrogen functional groups attached to an aromatic ring is 1. The van der Waals surface area contributed by atoms with Crippen molar-refractivity contribution in [3.63, 3.8) is 0 Å². The fourth-order valence-corrected chi connectivity index (χ4v) is 5.70. The number of amides is 1. The van der Waals surface area contributed by atoms with Crippen molar-refractivity contribution >= 4 is 50.9 Å². The number of benzene rings is 3. The summed E-state index contributed by atoms with van der Waals surface area (Å²) in [5, 5.41) is 9.43. The average molecular weight is 560 g/mol. The Bertz CT molecular complexity index is 1590. The third kappa shape index (κ3) is 5.64. The van der Waals surface area contributed by atoms with Crippen molar-refractivity contribution in [1.82, 2.24) is 9.97 Å². The molecule has 5 rings (SSSR count). The van der Waals surface area contributed by atoms with E-state index in [0.717, 1.165) is 26.8 Å². The van der Waals surface area contributed by atoms with Crippen molar-refractivity contribution in [2.45, 2.75) is 0 Å². The Labute approximate surface area is 233 Å². The molecule has 0 aliphatic heterocycles. The molecule has 5 aromatic rings. The lowest BCUT2D eigenvalue weighted by Crippen LogP contribution is -2.11. The second-order valence-corrected chi connectivity index (χ2v) is 10.1. The molecular weight excluding hydrogens is 534 g/mol. The van der Waals surface area contributed by atoms with Gasteiger partial charge in [0.25, 0.3) is 5.91 Å². The minimum Gasteiger partial charge on any atom is -0.493 e. The number of carbonyl (C=O) groups is 1. The zero-order valence-electron chi connectivity index (χ0n) is 21.3. The molecule has 0 saturated carbocycles. The molecule has 0 atom stereocenters. The van der Waals surface area contributed by atoms with Gasteiger partial charge in [0.1, 0.15) is 15.7 Å². The zero-order valence-corrected chi connectivity index (χ0v) is 23.0. The van der Waals surface area contributed by atoms with Crippen molar-refractivity contribution in [3.8, 4) is 38.4 Å². The number of hydrogen-bond acceptors (Lipinski definition) is 10. The number of hydrogen-bond donors (Lipinski definition) is 3. The van der Waals surface area contributed by atoms with Gasteiger partial charge in [-0.1, -0.05) is 41.7 Å². The summed E-state index contributed by atoms with van der Waals surface area (Å²) in [6.07, 6.45) is 0. The smallest absolute Gasteiger partial charge is 0.255 e. The number of carbonyl (C=O) groups excluding carboxylic acids is 1. The number of nitrogens with zero attached hydrogens (tertiary/aromatic N) is 2. The van der Waals surface area contributed by atoms with Crippen LogP contribution in [-0.4, -0.2) is 37.2 Å². The molecule has 0 spiro atoms. The Balaban J connectivity index is 1.36. The lowest BCUT2D eigenvalue weighted by Gasteiger charge is -2.14. The minimum atomic E-state index is -0.187. The van der Waals surface area contributed by atoms with Gasteiger partial charge < -0.3 is 30.6 Å². The van der Waals surface area contributed by atoms with E-state index in [0.29, 0.717) is 39.4 Å². The number of methoxy groups -OCH3 is 3. The van der Waals surface area contributed by atoms with Gasteiger partial charge in [-0.05, 0) is 24.3 Å². The molecule has 39 heavy (non-hydrogen) atoms. The summed E-state index contributed by atoms with van der Waals surface area (Å²) in [6, 6.07) is 20.3. The number of nitrogens with one attached hydrogen (secondary N) is 2. The van der Waals surface area contributed by atoms with E-state index in [4.69, 9.17) is 24.9 Å². The minimum absolute atomic E-state index is 0.187. The second-order valence-electron chi connectivity index (χ2n) is 8.21. The highest BCUT2D eigenvalue weighted by Gasteiger charge is 2.18. The Hall–Kier alpha value is -4.61. The van der Waals surface area contributed by atoms with Crippen LogP contribution in [0.15, 0.2) is 72.1 Å². The number of nitrogens with two attached hydrogens (primary N) is 1. The van der Waals surface area contributed by atoms with Gasteiger partial charge in [0.2, 0.25) is 5.75 Å². The van der Waals surface area contributed by atoms with E-state index in [2.05, 4.69) is 15.6 Å². The molecule has 0 aliphatic rings. The quantitative estimate of drug-likeness (QED) is 0.186. The van der Waals surface area contributed by atoms with E-state index >= 15 is 0 Å². The van der Waals surface area contributed by atoms with Crippen LogP contribution in [0, 0.1) is 0 Å². The Morgan fingerprint density at radius 2 is 1.62 bits per heavy atom. The SMILES string of the molecule is COc1cc(Nc2nc(N)c(-c3nc(-c4cccc(C(=O)Nc5ccccc5)c4)cs3)s2)cc(OC)c1OC. The molecule has 2 heterocycles. The number of ether oxygens (including phenoxy) is 3. The van der Waals surface area contributed by atoms with E-state index in [1.807, 2.05) is 53.9 Å². The average Bonchev–Trinajstić information content (AvgIpc) is 3.59. The predicted molar refractivity (Wildman–Crippen MR) is 157 cm³/mol. The summed E-state index contributed by atoms with van der Waals surface area (Å²) in [6.45, 7) is 0. The molecule has 1 amide bonds. The van der Waals surface area contributed by atoms with Crippen LogP contribution in [0.25, 0.3) is 21.1 Å². The normalized spacial score (nSPS) is 10.6. The Kier molecular flexibility index (Phi) is 7.62. The van der Waals surface area contributed by atoms with E-state index in [9.17, 15) is 4.79 Å². The second kappa shape index (κ2) is 11.4. The van der Waals surface area contributed by atoms with E-state index in [1.54, 1.807) is 39.5 Å². The van der Waals surface area contributed by atoms with Crippen molar-refractivity contribution in [2.75, 3.05) is 37.7 Å². The van der Waals surface area contributed by atoms with Crippen LogP contribution in [0.3, 0.4) is 0 Å². The topological polar surface area (TPSA) is 121 Å². The first kappa shape index (κ1) is 26.0. The van der Waals surface area contributed by atoms with Crippen LogP contribution in [0.4, 0.5) is 22.3 Å². The van der Waals surface area contributed by atoms with Gasteiger partial charge in [0.05, 0.1) is 27.0 Å². The summed E-state index contributed by atoms with van der Waals surface area (Å²) in [5.74, 6) is 1.73. The molecule has 3 aromatic carbocycles. The van der Waals surface area contributed by atoms with Gasteiger partial charge in [-0.2, -0.15) is 0 Å². The largest absolute Gasteiger partial charge is 0.493 e. The first-order valence-corrected chi connectivity index (χ1v) is 13.4. The highest BCUT2D eigenvalue weighted by molar-refractivity contribution is 7.23. The molecule has 0 bridgehead atoms. The van der Waals surface area contributed by atoms with Gasteiger partial charge in [0, 0.05) is 40.0 Å². The van der Waals surface area contributed by atoms with Gasteiger partial charge in [-0.25, -0.2) is 9.97 Å². The molecule has 0 unspecified atom stereocenters. The molecule has 9 nitrogen and oxygen atoms in total. The fraction of sp³-hybridized carbons (Fsp3) is 0.107. The molecule has 0 fully saturated rings. The molecule has 0 radical (unpaired) electrons. The maximum Gasteiger partial charge on any atom is 0.255 e. The summed E-state index contributed by atoms with van der Waals surface area (Å²) >= 11 is 2.85. The molecular formula is C28H25N5O4S2. The Morgan fingerprint density at radius 1 is 0.872 bits per heavy atom. The van der Waals surface area contributed by atoms with Crippen molar-refractivity contribution in [2.24, 2.45) is 0 Å². The number of anilines is 4. The summed E-state index contributed by atoms with van der Waals surface area (Å²) in [7, 11) is 4.68. The van der Waals surface area contributed by atoms with E-state index in [-0.39, 0.29) is 5.91 Å². The fourth-order valence-electron chi connectivity index (χ4n) is 3.87. The highest BCUT2D eigenvalue weighted by atomic mass is 32.1. The lowest BCUT2D eigenvalue weighted by atomic mass is 10.1. The predicted octanol–water partition coefficient (Wildman–Crippen LogP) is 6.54. The van der Waals surface area contributed by atoms with Crippen LogP contribution < -0.4 is 30.6 Å². The third-order valence-corrected chi connectivity index (χ3v) is 7.70. The van der Waals surface area contributed by atoms with Crippen LogP contribution in [0.5, 0.6) is 17.2 Å². The Morgan fingerprint density at radius 3 is 2.31 bits per heavy atom. The molecule has 0 aliphatic carbocycles. The van der Waals surface area contributed by atoms with E-state index < -0.39 is 0 Å². The first-order valence-electron chi connectivity index (χ1n) is 11.7. The first-order chi connectivity index (χ1) is 19.0. The highest BCUT2D eigenvalue weighted by Crippen LogP contribution is 2.43. The van der Waals surface area contributed by atoms with Crippen LogP contribution in [0.1, 0.15) is 10.4 Å². The standard InChI is InChI=1S/C28H25N5O4S2/c1-35-21-13-19(14-22(36-2)23(21)37-3)31-28-33-25(29)24(39-28)27-32-20(15-38-27)16-8-7-9-17(12-16)26(34)30-18-10-5-4-6-11-18/h4-15H,29H2,1-3H3,(H,30,34)(H,31,33). The van der Waals surface area contributed by atoms with Gasteiger partial charge in [-0.15, -0.1) is 11.3 Å². The van der Waals surface area contributed by atoms with E-state index in [1.165, 1.54) is 22.7 Å². The van der Waals surface area contributed by atoms with Crippen molar-refractivity contribution < 1.29 is 19.0 Å². The number of rotatable bonds is 9. The molecule has 198 valence electrons. The number of para-hydroxylation sites is 1.